The summed E-state index contributed by atoms with van der Waals surface area (Å²) in [5.41, 5.74) is 7.93. The van der Waals surface area contributed by atoms with Crippen LogP contribution < -0.4 is 0 Å². The summed E-state index contributed by atoms with van der Waals surface area (Å²) >= 11 is 0. The van der Waals surface area contributed by atoms with E-state index >= 15 is 0 Å². The van der Waals surface area contributed by atoms with E-state index in [1.165, 1.54) is 52.6 Å². The molecule has 1 saturated carbocycles. The number of hydrogen-bond acceptors (Lipinski definition) is 1. The molecule has 20 heavy (non-hydrogen) atoms. The van der Waals surface area contributed by atoms with Gasteiger partial charge in [0.2, 0.25) is 0 Å². The van der Waals surface area contributed by atoms with E-state index in [0.717, 1.165) is 12.8 Å². The SMILES string of the molecule is Cc1c(C)c(C)c(C(O)C2(C)CCCCC2)c(C)c1C. The fourth-order valence-electron chi connectivity index (χ4n) is 3.92. The van der Waals surface area contributed by atoms with Crippen LogP contribution in [0.5, 0.6) is 0 Å². The molecule has 0 aromatic heterocycles. The summed E-state index contributed by atoms with van der Waals surface area (Å²) in [5, 5.41) is 11.1. The highest BCUT2D eigenvalue weighted by molar-refractivity contribution is 5.50. The van der Waals surface area contributed by atoms with Gasteiger partial charge in [-0.25, -0.2) is 0 Å². The van der Waals surface area contributed by atoms with Gasteiger partial charge >= 0.3 is 0 Å². The lowest BCUT2D eigenvalue weighted by atomic mass is 9.68. The van der Waals surface area contributed by atoms with Crippen LogP contribution in [0.3, 0.4) is 0 Å². The third-order valence-electron chi connectivity index (χ3n) is 5.99. The van der Waals surface area contributed by atoms with E-state index in [1.807, 2.05) is 0 Å². The highest BCUT2D eigenvalue weighted by Crippen LogP contribution is 2.47. The van der Waals surface area contributed by atoms with Crippen LogP contribution in [0.4, 0.5) is 0 Å². The predicted molar refractivity (Wildman–Crippen MR) is 86.3 cm³/mol. The van der Waals surface area contributed by atoms with Gasteiger partial charge in [0, 0.05) is 0 Å². The van der Waals surface area contributed by atoms with E-state index < -0.39 is 0 Å². The van der Waals surface area contributed by atoms with E-state index in [1.54, 1.807) is 0 Å². The summed E-state index contributed by atoms with van der Waals surface area (Å²) < 4.78 is 0. The molecule has 1 aliphatic rings. The molecule has 0 heterocycles. The van der Waals surface area contributed by atoms with Crippen LogP contribution in [-0.2, 0) is 0 Å². The highest BCUT2D eigenvalue weighted by Gasteiger charge is 2.37. The molecule has 1 unspecified atom stereocenters. The Morgan fingerprint density at radius 3 is 1.60 bits per heavy atom. The lowest BCUT2D eigenvalue weighted by molar-refractivity contribution is 0.00727. The number of benzene rings is 1. The molecule has 1 atom stereocenters. The summed E-state index contributed by atoms with van der Waals surface area (Å²) in [6.07, 6.45) is 5.83. The van der Waals surface area contributed by atoms with E-state index in [4.69, 9.17) is 0 Å². The molecule has 1 aromatic rings. The van der Waals surface area contributed by atoms with Crippen LogP contribution in [0.2, 0.25) is 0 Å². The molecule has 2 rings (SSSR count). The maximum Gasteiger partial charge on any atom is 0.0848 e. The molecule has 1 aliphatic carbocycles. The van der Waals surface area contributed by atoms with Gasteiger partial charge in [-0.05, 0) is 86.3 Å². The standard InChI is InChI=1S/C19H30O/c1-12-13(2)15(4)17(16(5)14(12)3)18(20)19(6)10-8-7-9-11-19/h18,20H,7-11H2,1-6H3. The van der Waals surface area contributed by atoms with Gasteiger partial charge in [0.15, 0.2) is 0 Å². The van der Waals surface area contributed by atoms with Gasteiger partial charge in [-0.3, -0.25) is 0 Å². The minimum absolute atomic E-state index is 0.0574. The minimum Gasteiger partial charge on any atom is -0.388 e. The normalized spacial score (nSPS) is 19.9. The summed E-state index contributed by atoms with van der Waals surface area (Å²) in [5.74, 6) is 0. The fraction of sp³-hybridized carbons (Fsp3) is 0.684. The zero-order chi connectivity index (χ0) is 15.1. The minimum atomic E-state index is -0.319. The van der Waals surface area contributed by atoms with Gasteiger partial charge in [-0.2, -0.15) is 0 Å². The Hall–Kier alpha value is -0.820. The van der Waals surface area contributed by atoms with E-state index in [2.05, 4.69) is 41.5 Å². The van der Waals surface area contributed by atoms with Crippen molar-refractivity contribution in [3.05, 3.63) is 33.4 Å². The molecule has 1 fully saturated rings. The van der Waals surface area contributed by atoms with Crippen LogP contribution >= 0.6 is 0 Å². The number of rotatable bonds is 2. The van der Waals surface area contributed by atoms with Gasteiger partial charge < -0.3 is 5.11 Å². The van der Waals surface area contributed by atoms with Gasteiger partial charge in [-0.15, -0.1) is 0 Å². The molecular weight excluding hydrogens is 244 g/mol. The number of hydrogen-bond donors (Lipinski definition) is 1. The quantitative estimate of drug-likeness (QED) is 0.782. The molecule has 1 heteroatoms. The third-order valence-corrected chi connectivity index (χ3v) is 5.99. The smallest absolute Gasteiger partial charge is 0.0848 e. The zero-order valence-corrected chi connectivity index (χ0v) is 14.1. The topological polar surface area (TPSA) is 20.2 Å². The van der Waals surface area contributed by atoms with Crippen molar-refractivity contribution in [2.24, 2.45) is 5.41 Å². The van der Waals surface area contributed by atoms with E-state index in [9.17, 15) is 5.11 Å². The van der Waals surface area contributed by atoms with Crippen molar-refractivity contribution in [3.63, 3.8) is 0 Å². The molecule has 1 nitrogen and oxygen atoms in total. The maximum atomic E-state index is 11.1. The summed E-state index contributed by atoms with van der Waals surface area (Å²) in [7, 11) is 0. The molecular formula is C19H30O. The van der Waals surface area contributed by atoms with Crippen molar-refractivity contribution >= 4 is 0 Å². The molecule has 0 bridgehead atoms. The molecule has 0 amide bonds. The van der Waals surface area contributed by atoms with Crippen molar-refractivity contribution in [2.75, 3.05) is 0 Å². The lowest BCUT2D eigenvalue weighted by Crippen LogP contribution is -2.29. The first-order chi connectivity index (χ1) is 9.29. The molecule has 0 aliphatic heterocycles. The second kappa shape index (κ2) is 5.52. The lowest BCUT2D eigenvalue weighted by Gasteiger charge is -2.40. The largest absolute Gasteiger partial charge is 0.388 e. The first-order valence-corrected chi connectivity index (χ1v) is 8.04. The number of aliphatic hydroxyl groups is 1. The second-order valence-corrected chi connectivity index (χ2v) is 7.16. The molecule has 1 aromatic carbocycles. The molecule has 0 saturated heterocycles. The Morgan fingerprint density at radius 1 is 0.750 bits per heavy atom. The van der Waals surface area contributed by atoms with Gasteiger partial charge in [0.1, 0.15) is 0 Å². The Kier molecular flexibility index (Phi) is 4.30. The van der Waals surface area contributed by atoms with Crippen LogP contribution in [0.25, 0.3) is 0 Å². The first-order valence-electron chi connectivity index (χ1n) is 8.04. The Labute approximate surface area is 124 Å². The highest BCUT2D eigenvalue weighted by atomic mass is 16.3. The summed E-state index contributed by atoms with van der Waals surface area (Å²) in [4.78, 5) is 0. The van der Waals surface area contributed by atoms with Crippen molar-refractivity contribution in [3.8, 4) is 0 Å². The third kappa shape index (κ3) is 2.41. The zero-order valence-electron chi connectivity index (χ0n) is 14.1. The van der Waals surface area contributed by atoms with E-state index in [-0.39, 0.29) is 11.5 Å². The Bertz CT molecular complexity index is 478. The van der Waals surface area contributed by atoms with Crippen LogP contribution in [0.15, 0.2) is 0 Å². The predicted octanol–water partition coefficient (Wildman–Crippen LogP) is 5.23. The fourth-order valence-corrected chi connectivity index (χ4v) is 3.92. The van der Waals surface area contributed by atoms with Crippen LogP contribution in [0, 0.1) is 40.0 Å². The monoisotopic (exact) mass is 274 g/mol. The van der Waals surface area contributed by atoms with Crippen LogP contribution in [0.1, 0.15) is 78.5 Å². The Balaban J connectivity index is 2.52. The van der Waals surface area contributed by atoms with Crippen molar-refractivity contribution in [1.82, 2.24) is 0 Å². The van der Waals surface area contributed by atoms with Gasteiger partial charge in [-0.1, -0.05) is 26.2 Å². The van der Waals surface area contributed by atoms with Gasteiger partial charge in [0.05, 0.1) is 6.10 Å². The Morgan fingerprint density at radius 2 is 1.15 bits per heavy atom. The van der Waals surface area contributed by atoms with Crippen LogP contribution in [-0.4, -0.2) is 5.11 Å². The molecule has 0 spiro atoms. The second-order valence-electron chi connectivity index (χ2n) is 7.16. The first kappa shape index (κ1) is 15.6. The maximum absolute atomic E-state index is 11.1. The average molecular weight is 274 g/mol. The van der Waals surface area contributed by atoms with E-state index in [0.29, 0.717) is 0 Å². The van der Waals surface area contributed by atoms with Gasteiger partial charge in [0.25, 0.3) is 0 Å². The van der Waals surface area contributed by atoms with Crippen molar-refractivity contribution < 1.29 is 5.11 Å². The summed E-state index contributed by atoms with van der Waals surface area (Å²) in [6.45, 7) is 13.2. The summed E-state index contributed by atoms with van der Waals surface area (Å²) in [6, 6.07) is 0. The van der Waals surface area contributed by atoms with Crippen molar-refractivity contribution in [1.29, 1.82) is 0 Å². The molecule has 1 N–H and O–H groups in total. The molecule has 0 radical (unpaired) electrons. The molecule has 112 valence electrons. The average Bonchev–Trinajstić information content (AvgIpc) is 2.44. The van der Waals surface area contributed by atoms with Crippen molar-refractivity contribution in [2.45, 2.75) is 79.8 Å². The number of aliphatic hydroxyl groups excluding tert-OH is 1.